The Morgan fingerprint density at radius 3 is 2.52 bits per heavy atom. The van der Waals surface area contributed by atoms with Crippen LogP contribution in [0.4, 0.5) is 5.69 Å². The highest BCUT2D eigenvalue weighted by molar-refractivity contribution is 5.94. The van der Waals surface area contributed by atoms with Gasteiger partial charge in [-0.05, 0) is 37.0 Å². The Balaban J connectivity index is 1.79. The fourth-order valence-corrected chi connectivity index (χ4v) is 3.95. The summed E-state index contributed by atoms with van der Waals surface area (Å²) in [6.07, 6.45) is 1.28. The van der Waals surface area contributed by atoms with Crippen LogP contribution in [0.1, 0.15) is 27.9 Å². The van der Waals surface area contributed by atoms with Gasteiger partial charge in [-0.2, -0.15) is 0 Å². The number of nitro benzene ring substituents is 1. The minimum atomic E-state index is -0.865. The number of hydrogen-bond acceptors (Lipinski definition) is 5. The van der Waals surface area contributed by atoms with Crippen molar-refractivity contribution in [2.75, 3.05) is 7.05 Å². The molecule has 1 aliphatic rings. The van der Waals surface area contributed by atoms with Gasteiger partial charge >= 0.3 is 11.1 Å². The van der Waals surface area contributed by atoms with Crippen molar-refractivity contribution in [3.8, 4) is 0 Å². The summed E-state index contributed by atoms with van der Waals surface area (Å²) in [5, 5.41) is 11.6. The molecule has 1 aromatic heterocycles. The number of fused-ring (bicyclic) bond motifs is 3. The number of amides is 1. The Hall–Kier alpha value is -3.75. The van der Waals surface area contributed by atoms with E-state index in [1.54, 1.807) is 36.2 Å². The smallest absolute Gasteiger partial charge is 0.314 e. The van der Waals surface area contributed by atoms with Gasteiger partial charge < -0.3 is 14.9 Å². The lowest BCUT2D eigenvalue weighted by Crippen LogP contribution is -2.41. The molecule has 3 aromatic rings. The number of aromatic amines is 2. The first-order chi connectivity index (χ1) is 13.9. The number of carbonyl (C=O) groups excluding carboxylic acids is 1. The van der Waals surface area contributed by atoms with Gasteiger partial charge in [-0.3, -0.25) is 24.5 Å². The van der Waals surface area contributed by atoms with Crippen LogP contribution in [0.15, 0.2) is 46.0 Å². The molecule has 1 aliphatic carbocycles. The molecule has 0 spiro atoms. The lowest BCUT2D eigenvalue weighted by atomic mass is 9.85. The molecule has 0 saturated heterocycles. The normalized spacial score (nSPS) is 15.7. The van der Waals surface area contributed by atoms with Crippen LogP contribution in [0.3, 0.4) is 0 Å². The molecule has 29 heavy (non-hydrogen) atoms. The summed E-state index contributed by atoms with van der Waals surface area (Å²) in [7, 11) is 1.70. The molecule has 2 N–H and O–H groups in total. The number of nitrogens with one attached hydrogen (secondary N) is 2. The number of nitro groups is 1. The van der Waals surface area contributed by atoms with Crippen LogP contribution in [0.2, 0.25) is 0 Å². The number of carbonyl (C=O) groups is 1. The van der Waals surface area contributed by atoms with Crippen molar-refractivity contribution < 1.29 is 9.72 Å². The fraction of sp³-hybridized carbons (Fsp3) is 0.250. The SMILES string of the molecule is CN(C(=O)c1ccccc1)C1CCc2c([N+](=O)[O-])cc3[nH]c(=O)c(=O)[nH]c3c2C1. The monoisotopic (exact) mass is 394 g/mol. The summed E-state index contributed by atoms with van der Waals surface area (Å²) in [6.45, 7) is 0. The molecular formula is C20H18N4O5. The lowest BCUT2D eigenvalue weighted by Gasteiger charge is -2.32. The van der Waals surface area contributed by atoms with Crippen LogP contribution in [0.25, 0.3) is 11.0 Å². The molecule has 1 amide bonds. The molecule has 1 heterocycles. The van der Waals surface area contributed by atoms with Crippen molar-refractivity contribution in [3.63, 3.8) is 0 Å². The molecule has 0 fully saturated rings. The average Bonchev–Trinajstić information content (AvgIpc) is 2.73. The van der Waals surface area contributed by atoms with E-state index in [9.17, 15) is 24.5 Å². The number of nitrogens with zero attached hydrogens (tertiary/aromatic N) is 2. The third kappa shape index (κ3) is 3.20. The van der Waals surface area contributed by atoms with Gasteiger partial charge in [-0.25, -0.2) is 0 Å². The van der Waals surface area contributed by atoms with Crippen molar-refractivity contribution in [2.45, 2.75) is 25.3 Å². The van der Waals surface area contributed by atoms with E-state index in [-0.39, 0.29) is 23.2 Å². The van der Waals surface area contributed by atoms with Crippen LogP contribution in [-0.2, 0) is 12.8 Å². The summed E-state index contributed by atoms with van der Waals surface area (Å²) in [5.74, 6) is -0.143. The fourth-order valence-electron chi connectivity index (χ4n) is 3.95. The number of hydrogen-bond donors (Lipinski definition) is 2. The first kappa shape index (κ1) is 18.6. The highest BCUT2D eigenvalue weighted by Gasteiger charge is 2.32. The molecule has 2 aromatic carbocycles. The van der Waals surface area contributed by atoms with E-state index >= 15 is 0 Å². The standard InChI is InChI=1S/C20H18N4O5/c1-23(20(27)11-5-3-2-4-6-11)12-7-8-13-14(9-12)17-15(10-16(13)24(28)29)21-18(25)19(26)22-17/h2-6,10,12H,7-9H2,1H3,(H,21,25)(H,22,26). The number of rotatable bonds is 3. The van der Waals surface area contributed by atoms with E-state index in [2.05, 4.69) is 9.97 Å². The van der Waals surface area contributed by atoms with Crippen LogP contribution < -0.4 is 11.1 Å². The molecular weight excluding hydrogens is 376 g/mol. The van der Waals surface area contributed by atoms with Gasteiger partial charge in [0.2, 0.25) is 0 Å². The Labute approximate surface area is 164 Å². The summed E-state index contributed by atoms with van der Waals surface area (Å²) in [6, 6.07) is 9.96. The number of H-pyrrole nitrogens is 2. The predicted octanol–water partition coefficient (Wildman–Crippen LogP) is 1.75. The molecule has 0 saturated carbocycles. The van der Waals surface area contributed by atoms with Crippen molar-refractivity contribution in [3.05, 3.63) is 83.9 Å². The van der Waals surface area contributed by atoms with Gasteiger partial charge in [-0.15, -0.1) is 0 Å². The first-order valence-corrected chi connectivity index (χ1v) is 9.14. The zero-order valence-corrected chi connectivity index (χ0v) is 15.6. The zero-order chi connectivity index (χ0) is 20.7. The largest absolute Gasteiger partial charge is 0.338 e. The third-order valence-corrected chi connectivity index (χ3v) is 5.47. The van der Waals surface area contributed by atoms with Crippen molar-refractivity contribution in [2.24, 2.45) is 0 Å². The quantitative estimate of drug-likeness (QED) is 0.397. The second kappa shape index (κ2) is 7.01. The molecule has 1 atom stereocenters. The zero-order valence-electron chi connectivity index (χ0n) is 15.6. The van der Waals surface area contributed by atoms with Crippen molar-refractivity contribution >= 4 is 22.6 Å². The minimum absolute atomic E-state index is 0.0920. The second-order valence-corrected chi connectivity index (χ2v) is 7.12. The van der Waals surface area contributed by atoms with Gasteiger partial charge in [0.15, 0.2) is 0 Å². The van der Waals surface area contributed by atoms with Crippen LogP contribution in [0.5, 0.6) is 0 Å². The predicted molar refractivity (Wildman–Crippen MR) is 106 cm³/mol. The maximum atomic E-state index is 12.8. The topological polar surface area (TPSA) is 129 Å². The Bertz CT molecular complexity index is 1250. The van der Waals surface area contributed by atoms with E-state index < -0.39 is 16.0 Å². The van der Waals surface area contributed by atoms with E-state index in [0.717, 1.165) is 0 Å². The molecule has 9 nitrogen and oxygen atoms in total. The van der Waals surface area contributed by atoms with E-state index in [1.165, 1.54) is 6.07 Å². The van der Waals surface area contributed by atoms with Gasteiger partial charge in [-0.1, -0.05) is 18.2 Å². The van der Waals surface area contributed by atoms with Crippen LogP contribution in [-0.4, -0.2) is 38.8 Å². The number of benzene rings is 2. The minimum Gasteiger partial charge on any atom is -0.338 e. The van der Waals surface area contributed by atoms with Gasteiger partial charge in [0.25, 0.3) is 11.6 Å². The molecule has 9 heteroatoms. The van der Waals surface area contributed by atoms with E-state index in [0.29, 0.717) is 41.5 Å². The van der Waals surface area contributed by atoms with Crippen molar-refractivity contribution in [1.29, 1.82) is 0 Å². The summed E-state index contributed by atoms with van der Waals surface area (Å²) in [4.78, 5) is 54.0. The van der Waals surface area contributed by atoms with E-state index in [1.807, 2.05) is 6.07 Å². The molecule has 0 bridgehead atoms. The van der Waals surface area contributed by atoms with Crippen LogP contribution >= 0.6 is 0 Å². The molecule has 0 aliphatic heterocycles. The maximum Gasteiger partial charge on any atom is 0.314 e. The lowest BCUT2D eigenvalue weighted by molar-refractivity contribution is -0.385. The molecule has 0 radical (unpaired) electrons. The van der Waals surface area contributed by atoms with E-state index in [4.69, 9.17) is 0 Å². The highest BCUT2D eigenvalue weighted by atomic mass is 16.6. The average molecular weight is 394 g/mol. The van der Waals surface area contributed by atoms with Crippen molar-refractivity contribution in [1.82, 2.24) is 14.9 Å². The maximum absolute atomic E-state index is 12.8. The molecule has 1 unspecified atom stereocenters. The first-order valence-electron chi connectivity index (χ1n) is 9.14. The number of likely N-dealkylation sites (N-methyl/N-ethyl adjacent to an activating group) is 1. The van der Waals surface area contributed by atoms with Gasteiger partial charge in [0.1, 0.15) is 0 Å². The third-order valence-electron chi connectivity index (χ3n) is 5.47. The van der Waals surface area contributed by atoms with Gasteiger partial charge in [0.05, 0.1) is 16.0 Å². The number of aromatic nitrogens is 2. The summed E-state index contributed by atoms with van der Waals surface area (Å²) < 4.78 is 0. The Morgan fingerprint density at radius 1 is 1.14 bits per heavy atom. The summed E-state index contributed by atoms with van der Waals surface area (Å²) in [5.41, 5.74) is 0.486. The second-order valence-electron chi connectivity index (χ2n) is 7.12. The van der Waals surface area contributed by atoms with Gasteiger partial charge in [0, 0.05) is 30.3 Å². The Kier molecular flexibility index (Phi) is 4.50. The molecule has 4 rings (SSSR count). The molecule has 148 valence electrons. The highest BCUT2D eigenvalue weighted by Crippen LogP contribution is 2.35. The Morgan fingerprint density at radius 2 is 1.83 bits per heavy atom. The van der Waals surface area contributed by atoms with Crippen LogP contribution in [0, 0.1) is 10.1 Å². The summed E-state index contributed by atoms with van der Waals surface area (Å²) >= 11 is 0.